The fourth-order valence-electron chi connectivity index (χ4n) is 9.00. The minimum Gasteiger partial charge on any atom is -0.311 e. The summed E-state index contributed by atoms with van der Waals surface area (Å²) in [6, 6.07) is 68.6. The van der Waals surface area contributed by atoms with E-state index in [1.165, 1.54) is 69.8 Å². The van der Waals surface area contributed by atoms with Gasteiger partial charge in [0.15, 0.2) is 0 Å². The van der Waals surface area contributed by atoms with Crippen molar-refractivity contribution in [1.29, 1.82) is 0 Å². The zero-order valence-electron chi connectivity index (χ0n) is 35.6. The predicted octanol–water partition coefficient (Wildman–Crippen LogP) is 16.7. The molecule has 2 aromatic heterocycles. The lowest BCUT2D eigenvalue weighted by Crippen LogP contribution is -2.37. The van der Waals surface area contributed by atoms with Crippen molar-refractivity contribution in [2.24, 2.45) is 0 Å². The highest BCUT2D eigenvalue weighted by atomic mass is 32.1. The molecule has 0 saturated carbocycles. The summed E-state index contributed by atoms with van der Waals surface area (Å²) in [5.74, 6) is 0. The summed E-state index contributed by atoms with van der Waals surface area (Å²) in [7, 11) is -1.56. The van der Waals surface area contributed by atoms with E-state index < -0.39 is 8.07 Å². The smallest absolute Gasteiger partial charge is 0.0794 e. The first kappa shape index (κ1) is 39.2. The molecule has 0 radical (unpaired) electrons. The highest BCUT2D eigenvalue weighted by molar-refractivity contribution is 7.28. The van der Waals surface area contributed by atoms with Crippen LogP contribution in [0.3, 0.4) is 0 Å². The van der Waals surface area contributed by atoms with Gasteiger partial charge in [0, 0.05) is 43.5 Å². The molecule has 4 heteroatoms. The van der Waals surface area contributed by atoms with Crippen LogP contribution < -0.4 is 10.1 Å². The van der Waals surface area contributed by atoms with Crippen LogP contribution in [0, 0.1) is 0 Å². The van der Waals surface area contributed by atoms with Gasteiger partial charge in [0.1, 0.15) is 0 Å². The number of benzene rings is 8. The van der Waals surface area contributed by atoms with Gasteiger partial charge >= 0.3 is 0 Å². The van der Waals surface area contributed by atoms with Gasteiger partial charge in [-0.25, -0.2) is 0 Å². The van der Waals surface area contributed by atoms with Crippen LogP contribution >= 0.6 is 11.3 Å². The Hall–Kier alpha value is -6.98. The Morgan fingerprint density at radius 2 is 0.984 bits per heavy atom. The van der Waals surface area contributed by atoms with E-state index in [1.807, 2.05) is 17.4 Å². The van der Waals surface area contributed by atoms with E-state index in [0.717, 1.165) is 33.9 Å². The van der Waals surface area contributed by atoms with Gasteiger partial charge in [-0.05, 0) is 106 Å². The quantitative estimate of drug-likeness (QED) is 0.125. The molecule has 8 aromatic carbocycles. The number of thiophene rings is 1. The van der Waals surface area contributed by atoms with Crippen molar-refractivity contribution in [3.05, 3.63) is 212 Å². The lowest BCUT2D eigenvalue weighted by Gasteiger charge is -2.26. The van der Waals surface area contributed by atoms with Gasteiger partial charge in [0.25, 0.3) is 0 Å². The van der Waals surface area contributed by atoms with Crippen molar-refractivity contribution in [2.75, 3.05) is 4.90 Å². The summed E-state index contributed by atoms with van der Waals surface area (Å²) in [6.07, 6.45) is 6.40. The van der Waals surface area contributed by atoms with Crippen LogP contribution in [-0.4, -0.2) is 12.6 Å². The Kier molecular flexibility index (Phi) is 10.2. The summed E-state index contributed by atoms with van der Waals surface area (Å²) in [5, 5.41) is 5.40. The molecule has 10 rings (SSSR count). The molecule has 0 N–H and O–H groups in total. The van der Waals surface area contributed by atoms with E-state index in [0.29, 0.717) is 0 Å². The van der Waals surface area contributed by atoms with Crippen molar-refractivity contribution in [3.8, 4) is 39.1 Å². The molecule has 300 valence electrons. The van der Waals surface area contributed by atoms with Crippen LogP contribution in [0.4, 0.5) is 17.1 Å². The van der Waals surface area contributed by atoms with Crippen molar-refractivity contribution >= 4 is 84.9 Å². The maximum Gasteiger partial charge on any atom is 0.0794 e. The van der Waals surface area contributed by atoms with Gasteiger partial charge in [-0.2, -0.15) is 0 Å². The van der Waals surface area contributed by atoms with E-state index in [9.17, 15) is 0 Å². The molecule has 0 aliphatic heterocycles. The first-order valence-electron chi connectivity index (χ1n) is 21.4. The number of rotatable bonds is 10. The molecular formula is C58H48N2SSi. The zero-order valence-corrected chi connectivity index (χ0v) is 37.5. The normalized spacial score (nSPS) is 11.9. The third-order valence-corrected chi connectivity index (χ3v) is 15.5. The second kappa shape index (κ2) is 16.1. The standard InChI is InChI=1S/C58H48N2SSi/c1-6-16-53-49(7-2)52-39-45(31-38-54(52)60(53)55-23-14-21-50-51-22-15-24-56(62(3,4)5)58(51)61-57(50)55)44-29-36-48(37-30-44)59(46-32-25-42(26-33-46)40-17-10-8-11-18-40)47-34-27-43(28-35-47)41-19-12-9-13-20-41/h6-39H,2H2,1,3-5H3/b16-6-. The highest BCUT2D eigenvalue weighted by Crippen LogP contribution is 2.43. The van der Waals surface area contributed by atoms with Gasteiger partial charge in [-0.1, -0.05) is 172 Å². The van der Waals surface area contributed by atoms with Crippen LogP contribution in [0.15, 0.2) is 201 Å². The van der Waals surface area contributed by atoms with E-state index in [4.69, 9.17) is 0 Å². The predicted molar refractivity (Wildman–Crippen MR) is 275 cm³/mol. The molecule has 10 aromatic rings. The van der Waals surface area contributed by atoms with Crippen LogP contribution in [0.2, 0.25) is 19.6 Å². The van der Waals surface area contributed by atoms with Crippen LogP contribution in [0.25, 0.3) is 82.3 Å². The minimum absolute atomic E-state index is 1.09. The molecule has 0 fully saturated rings. The third kappa shape index (κ3) is 7.01. The Morgan fingerprint density at radius 1 is 0.500 bits per heavy atom. The van der Waals surface area contributed by atoms with E-state index in [1.54, 1.807) is 0 Å². The number of nitrogens with zero attached hydrogens (tertiary/aromatic N) is 2. The molecule has 0 amide bonds. The van der Waals surface area contributed by atoms with Gasteiger partial charge in [-0.3, -0.25) is 0 Å². The Morgan fingerprint density at radius 3 is 1.50 bits per heavy atom. The summed E-state index contributed by atoms with van der Waals surface area (Å²) >= 11 is 1.95. The van der Waals surface area contributed by atoms with Gasteiger partial charge < -0.3 is 9.47 Å². The summed E-state index contributed by atoms with van der Waals surface area (Å²) in [6.45, 7) is 13.8. The zero-order chi connectivity index (χ0) is 42.4. The largest absolute Gasteiger partial charge is 0.311 e. The maximum atomic E-state index is 4.36. The lowest BCUT2D eigenvalue weighted by atomic mass is 10.0. The van der Waals surface area contributed by atoms with E-state index in [-0.39, 0.29) is 0 Å². The van der Waals surface area contributed by atoms with Gasteiger partial charge in [0.05, 0.1) is 29.7 Å². The molecule has 2 heterocycles. The van der Waals surface area contributed by atoms with Gasteiger partial charge in [0.2, 0.25) is 0 Å². The van der Waals surface area contributed by atoms with Crippen LogP contribution in [0.1, 0.15) is 18.2 Å². The molecule has 2 nitrogen and oxygen atoms in total. The molecule has 0 aliphatic rings. The fourth-order valence-corrected chi connectivity index (χ4v) is 12.7. The van der Waals surface area contributed by atoms with Crippen molar-refractivity contribution < 1.29 is 0 Å². The summed E-state index contributed by atoms with van der Waals surface area (Å²) in [5.41, 5.74) is 15.1. The number of aromatic nitrogens is 1. The van der Waals surface area contributed by atoms with E-state index in [2.05, 4.69) is 243 Å². The molecule has 0 aliphatic carbocycles. The monoisotopic (exact) mass is 832 g/mol. The Labute approximate surface area is 370 Å². The molecule has 0 saturated heterocycles. The first-order chi connectivity index (χ1) is 30.3. The molecular weight excluding hydrogens is 785 g/mol. The van der Waals surface area contributed by atoms with Gasteiger partial charge in [-0.15, -0.1) is 11.3 Å². The Bertz CT molecular complexity index is 3180. The summed E-state index contributed by atoms with van der Waals surface area (Å²) < 4.78 is 5.20. The number of fused-ring (bicyclic) bond motifs is 4. The molecule has 0 atom stereocenters. The third-order valence-electron chi connectivity index (χ3n) is 12.0. The average Bonchev–Trinajstić information content (AvgIpc) is 3.85. The number of anilines is 3. The average molecular weight is 833 g/mol. The van der Waals surface area contributed by atoms with Crippen molar-refractivity contribution in [1.82, 2.24) is 4.57 Å². The minimum atomic E-state index is -1.56. The molecule has 0 unspecified atom stereocenters. The molecule has 62 heavy (non-hydrogen) atoms. The summed E-state index contributed by atoms with van der Waals surface area (Å²) in [4.78, 5) is 2.34. The molecule has 0 bridgehead atoms. The van der Waals surface area contributed by atoms with Crippen molar-refractivity contribution in [3.63, 3.8) is 0 Å². The van der Waals surface area contributed by atoms with Crippen LogP contribution in [0.5, 0.6) is 0 Å². The number of allylic oxidation sites excluding steroid dienone is 1. The topological polar surface area (TPSA) is 8.17 Å². The molecule has 0 spiro atoms. The maximum absolute atomic E-state index is 4.36. The number of hydrogen-bond donors (Lipinski definition) is 0. The SMILES string of the molecule is C=Cc1c(/C=C\C)n(-c2cccc3c2sc2c([Si](C)(C)C)cccc23)c2ccc(-c3ccc(N(c4ccc(-c5ccccc5)cc4)c4ccc(-c5ccccc5)cc4)cc3)cc12. The Balaban J connectivity index is 1.06. The fraction of sp³-hybridized carbons (Fsp3) is 0.0690. The van der Waals surface area contributed by atoms with Crippen molar-refractivity contribution in [2.45, 2.75) is 26.6 Å². The second-order valence-corrected chi connectivity index (χ2v) is 23.0. The van der Waals surface area contributed by atoms with Crippen LogP contribution in [-0.2, 0) is 0 Å². The highest BCUT2D eigenvalue weighted by Gasteiger charge is 2.24. The lowest BCUT2D eigenvalue weighted by molar-refractivity contribution is 1.12. The van der Waals surface area contributed by atoms with E-state index >= 15 is 0 Å². The number of hydrogen-bond acceptors (Lipinski definition) is 2. The second-order valence-electron chi connectivity index (χ2n) is 17.0. The first-order valence-corrected chi connectivity index (χ1v) is 25.7.